The first kappa shape index (κ1) is 7.41. The Kier molecular flexibility index (Phi) is 3.16. The quantitative estimate of drug-likeness (QED) is 0.484. The largest absolute Gasteiger partial charge is 0.207 e. The minimum Gasteiger partial charge on any atom is -0.207 e. The zero-order valence-electron chi connectivity index (χ0n) is 5.37. The third-order valence-electron chi connectivity index (χ3n) is 1.08. The summed E-state index contributed by atoms with van der Waals surface area (Å²) in [5.41, 5.74) is 0.699. The van der Waals surface area contributed by atoms with Crippen LogP contribution >= 0.6 is 0 Å². The van der Waals surface area contributed by atoms with Crippen LogP contribution in [0.2, 0.25) is 0 Å². The topological polar surface area (TPSA) is 0 Å². The number of allylic oxidation sites excluding steroid dienone is 3. The zero-order chi connectivity index (χ0) is 6.57. The van der Waals surface area contributed by atoms with E-state index in [0.717, 1.165) is 6.42 Å². The summed E-state index contributed by atoms with van der Waals surface area (Å²) in [5.74, 6) is -0.310. The Balaban J connectivity index is 3.92. The first-order valence-corrected chi connectivity index (χ1v) is 2.72. The summed E-state index contributed by atoms with van der Waals surface area (Å²) >= 11 is 0. The van der Waals surface area contributed by atoms with Crippen LogP contribution in [0.4, 0.5) is 4.39 Å². The van der Waals surface area contributed by atoms with Gasteiger partial charge in [-0.15, -0.1) is 0 Å². The summed E-state index contributed by atoms with van der Waals surface area (Å²) in [7, 11) is 0. The van der Waals surface area contributed by atoms with Crippen molar-refractivity contribution in [2.24, 2.45) is 0 Å². The van der Waals surface area contributed by atoms with Gasteiger partial charge in [-0.05, 0) is 18.9 Å². The molecular weight excluding hydrogens is 103 g/mol. The van der Waals surface area contributed by atoms with E-state index in [0.29, 0.717) is 5.57 Å². The van der Waals surface area contributed by atoms with E-state index in [1.165, 1.54) is 0 Å². The number of hydrogen-bond acceptors (Lipinski definition) is 0. The number of hydrogen-bond donors (Lipinski definition) is 0. The van der Waals surface area contributed by atoms with Gasteiger partial charge < -0.3 is 0 Å². The van der Waals surface area contributed by atoms with Gasteiger partial charge in [-0.2, -0.15) is 0 Å². The van der Waals surface area contributed by atoms with Crippen molar-refractivity contribution < 1.29 is 4.39 Å². The van der Waals surface area contributed by atoms with Gasteiger partial charge in [0.15, 0.2) is 0 Å². The van der Waals surface area contributed by atoms with Crippen LogP contribution in [0.25, 0.3) is 0 Å². The normalized spacial score (nSPS) is 11.6. The van der Waals surface area contributed by atoms with E-state index in [4.69, 9.17) is 0 Å². The molecule has 1 heteroatoms. The summed E-state index contributed by atoms with van der Waals surface area (Å²) in [6.07, 6.45) is 2.47. The number of halogens is 1. The molecule has 0 fully saturated rings. The molecule has 0 aliphatic rings. The first-order valence-electron chi connectivity index (χ1n) is 2.72. The van der Waals surface area contributed by atoms with Crippen LogP contribution in [0, 0.1) is 0 Å². The highest BCUT2D eigenvalue weighted by molar-refractivity contribution is 5.20. The van der Waals surface area contributed by atoms with Gasteiger partial charge in [0.25, 0.3) is 0 Å². The maximum atomic E-state index is 12.1. The summed E-state index contributed by atoms with van der Waals surface area (Å²) in [4.78, 5) is 0. The highest BCUT2D eigenvalue weighted by Gasteiger charge is 1.93. The van der Waals surface area contributed by atoms with Crippen molar-refractivity contribution in [1.29, 1.82) is 0 Å². The Labute approximate surface area is 49.7 Å². The Morgan fingerprint density at radius 2 is 2.25 bits per heavy atom. The van der Waals surface area contributed by atoms with E-state index in [-0.39, 0.29) is 5.83 Å². The molecule has 0 aliphatic heterocycles. The second-order valence-electron chi connectivity index (χ2n) is 1.57. The SMILES string of the molecule is C=C(F)/C(=C\C)CC. The van der Waals surface area contributed by atoms with E-state index in [2.05, 4.69) is 6.58 Å². The van der Waals surface area contributed by atoms with Crippen molar-refractivity contribution in [3.05, 3.63) is 24.1 Å². The van der Waals surface area contributed by atoms with Crippen LogP contribution in [0.15, 0.2) is 24.1 Å². The van der Waals surface area contributed by atoms with E-state index in [1.807, 2.05) is 13.8 Å². The fraction of sp³-hybridized carbons (Fsp3) is 0.429. The summed E-state index contributed by atoms with van der Waals surface area (Å²) in [6, 6.07) is 0. The van der Waals surface area contributed by atoms with Crippen molar-refractivity contribution in [3.8, 4) is 0 Å². The number of rotatable bonds is 2. The Hall–Kier alpha value is -0.590. The van der Waals surface area contributed by atoms with Crippen LogP contribution in [-0.4, -0.2) is 0 Å². The molecule has 0 rings (SSSR count). The van der Waals surface area contributed by atoms with Crippen LogP contribution in [0.5, 0.6) is 0 Å². The standard InChI is InChI=1S/C7H11F/c1-4-7(5-2)6(3)8/h4H,3,5H2,1-2H3/b7-4-. The highest BCUT2D eigenvalue weighted by atomic mass is 19.1. The Morgan fingerprint density at radius 1 is 1.75 bits per heavy atom. The summed E-state index contributed by atoms with van der Waals surface area (Å²) < 4.78 is 12.1. The third kappa shape index (κ3) is 1.92. The third-order valence-corrected chi connectivity index (χ3v) is 1.08. The summed E-state index contributed by atoms with van der Waals surface area (Å²) in [5, 5.41) is 0. The fourth-order valence-corrected chi connectivity index (χ4v) is 0.553. The van der Waals surface area contributed by atoms with E-state index in [9.17, 15) is 4.39 Å². The molecular formula is C7H11F. The Bertz CT molecular complexity index is 112. The van der Waals surface area contributed by atoms with Crippen molar-refractivity contribution in [1.82, 2.24) is 0 Å². The average Bonchev–Trinajstić information content (AvgIpc) is 1.69. The van der Waals surface area contributed by atoms with Crippen LogP contribution in [0.3, 0.4) is 0 Å². The minimum atomic E-state index is -0.310. The van der Waals surface area contributed by atoms with Gasteiger partial charge >= 0.3 is 0 Å². The molecule has 0 aromatic rings. The molecule has 0 aliphatic carbocycles. The lowest BCUT2D eigenvalue weighted by molar-refractivity contribution is 0.647. The maximum absolute atomic E-state index is 12.1. The lowest BCUT2D eigenvalue weighted by atomic mass is 10.2. The molecule has 0 unspecified atom stereocenters. The second-order valence-corrected chi connectivity index (χ2v) is 1.57. The molecule has 0 spiro atoms. The molecule has 0 saturated heterocycles. The van der Waals surface area contributed by atoms with Crippen molar-refractivity contribution in [2.45, 2.75) is 20.3 Å². The van der Waals surface area contributed by atoms with Gasteiger partial charge in [0.2, 0.25) is 0 Å². The van der Waals surface area contributed by atoms with E-state index in [1.54, 1.807) is 6.08 Å². The molecule has 0 aromatic heterocycles. The zero-order valence-corrected chi connectivity index (χ0v) is 5.37. The van der Waals surface area contributed by atoms with Crippen LogP contribution in [-0.2, 0) is 0 Å². The molecule has 8 heavy (non-hydrogen) atoms. The van der Waals surface area contributed by atoms with Crippen molar-refractivity contribution >= 4 is 0 Å². The molecule has 0 heterocycles. The first-order chi connectivity index (χ1) is 3.72. The smallest absolute Gasteiger partial charge is 0.118 e. The summed E-state index contributed by atoms with van der Waals surface area (Å²) in [6.45, 7) is 6.87. The molecule has 0 amide bonds. The molecule has 46 valence electrons. The average molecular weight is 114 g/mol. The van der Waals surface area contributed by atoms with Gasteiger partial charge in [-0.25, -0.2) is 4.39 Å². The predicted octanol–water partition coefficient (Wildman–Crippen LogP) is 2.83. The van der Waals surface area contributed by atoms with Crippen LogP contribution < -0.4 is 0 Å². The lowest BCUT2D eigenvalue weighted by Gasteiger charge is -1.94. The molecule has 0 saturated carbocycles. The molecule has 0 atom stereocenters. The van der Waals surface area contributed by atoms with Gasteiger partial charge in [-0.1, -0.05) is 19.6 Å². The fourth-order valence-electron chi connectivity index (χ4n) is 0.553. The van der Waals surface area contributed by atoms with Crippen molar-refractivity contribution in [2.75, 3.05) is 0 Å². The van der Waals surface area contributed by atoms with Gasteiger partial charge in [0, 0.05) is 0 Å². The van der Waals surface area contributed by atoms with Crippen LogP contribution in [0.1, 0.15) is 20.3 Å². The lowest BCUT2D eigenvalue weighted by Crippen LogP contribution is -1.76. The minimum absolute atomic E-state index is 0.310. The maximum Gasteiger partial charge on any atom is 0.118 e. The Morgan fingerprint density at radius 3 is 2.25 bits per heavy atom. The van der Waals surface area contributed by atoms with Gasteiger partial charge in [0.05, 0.1) is 0 Å². The second kappa shape index (κ2) is 3.42. The molecule has 0 aromatic carbocycles. The molecule has 0 nitrogen and oxygen atoms in total. The molecule has 0 bridgehead atoms. The predicted molar refractivity (Wildman–Crippen MR) is 34.3 cm³/mol. The monoisotopic (exact) mass is 114 g/mol. The van der Waals surface area contributed by atoms with Gasteiger partial charge in [0.1, 0.15) is 5.83 Å². The molecule has 0 N–H and O–H groups in total. The van der Waals surface area contributed by atoms with E-state index >= 15 is 0 Å². The van der Waals surface area contributed by atoms with E-state index < -0.39 is 0 Å². The van der Waals surface area contributed by atoms with Gasteiger partial charge in [-0.3, -0.25) is 0 Å². The highest BCUT2D eigenvalue weighted by Crippen LogP contribution is 2.11. The molecule has 0 radical (unpaired) electrons. The van der Waals surface area contributed by atoms with Crippen molar-refractivity contribution in [3.63, 3.8) is 0 Å².